The second-order valence-corrected chi connectivity index (χ2v) is 9.15. The van der Waals surface area contributed by atoms with Gasteiger partial charge < -0.3 is 25.0 Å². The van der Waals surface area contributed by atoms with Crippen LogP contribution < -0.4 is 25.0 Å². The van der Waals surface area contributed by atoms with E-state index in [0.29, 0.717) is 6.04 Å². The Hall–Kier alpha value is -1.03. The van der Waals surface area contributed by atoms with Gasteiger partial charge in [-0.2, -0.15) is 11.8 Å². The minimum Gasteiger partial charge on any atom is -0.497 e. The zero-order valence-electron chi connectivity index (χ0n) is 18.6. The van der Waals surface area contributed by atoms with Gasteiger partial charge in [-0.25, -0.2) is 0 Å². The minimum atomic E-state index is 0. The van der Waals surface area contributed by atoms with Gasteiger partial charge in [0, 0.05) is 54.3 Å². The lowest BCUT2D eigenvalue weighted by Crippen LogP contribution is -2.49. The van der Waals surface area contributed by atoms with Crippen molar-refractivity contribution in [2.75, 3.05) is 51.6 Å². The van der Waals surface area contributed by atoms with Gasteiger partial charge in [-0.15, -0.1) is 24.0 Å². The molecule has 29 heavy (non-hydrogen) atoms. The van der Waals surface area contributed by atoms with Gasteiger partial charge in [0.2, 0.25) is 0 Å². The number of thioether (sulfide) groups is 1. The Morgan fingerprint density at radius 3 is 2.24 bits per heavy atom. The molecule has 2 N–H and O–H groups in total. The number of nitrogens with zero attached hydrogens (tertiary/aromatic N) is 2. The number of nitrogens with one attached hydrogen (secondary N) is 2. The maximum atomic E-state index is 5.41. The summed E-state index contributed by atoms with van der Waals surface area (Å²) in [6.07, 6.45) is 4.27. The molecule has 166 valence electrons. The number of rotatable bonds is 8. The molecule has 6 nitrogen and oxygen atoms in total. The molecule has 0 atom stereocenters. The molecule has 1 aromatic rings. The van der Waals surface area contributed by atoms with Crippen molar-refractivity contribution in [3.63, 3.8) is 0 Å². The second kappa shape index (κ2) is 12.6. The van der Waals surface area contributed by atoms with Crippen molar-refractivity contribution < 1.29 is 9.47 Å². The predicted octanol–water partition coefficient (Wildman–Crippen LogP) is 3.99. The summed E-state index contributed by atoms with van der Waals surface area (Å²) >= 11 is 1.85. The lowest BCUT2D eigenvalue weighted by atomic mass is 10.0. The molecule has 0 unspecified atom stereocenters. The van der Waals surface area contributed by atoms with Crippen molar-refractivity contribution in [3.05, 3.63) is 18.2 Å². The van der Waals surface area contributed by atoms with E-state index < -0.39 is 0 Å². The maximum Gasteiger partial charge on any atom is 0.191 e. The first kappa shape index (κ1) is 26.0. The smallest absolute Gasteiger partial charge is 0.191 e. The molecule has 0 saturated carbocycles. The van der Waals surface area contributed by atoms with E-state index in [4.69, 9.17) is 14.5 Å². The number of benzene rings is 1. The molecule has 0 bridgehead atoms. The van der Waals surface area contributed by atoms with Gasteiger partial charge in [-0.05, 0) is 39.9 Å². The van der Waals surface area contributed by atoms with E-state index in [0.717, 1.165) is 62.2 Å². The third-order valence-electron chi connectivity index (χ3n) is 5.05. The van der Waals surface area contributed by atoms with Crippen molar-refractivity contribution >= 4 is 47.4 Å². The fraction of sp³-hybridized carbons (Fsp3) is 0.667. The van der Waals surface area contributed by atoms with Gasteiger partial charge in [0.1, 0.15) is 11.5 Å². The standard InChI is InChI=1S/C21H36N4O2S.HI/c1-7-22-20(23-15-21(2,3)28-6)24-16-8-10-25(11-9-16)17-12-18(26-4)14-19(13-17)27-5;/h12-14,16H,7-11,15H2,1-6H3,(H2,22,23,24);1H. The quantitative estimate of drug-likeness (QED) is 0.298. The highest BCUT2D eigenvalue weighted by atomic mass is 127. The van der Waals surface area contributed by atoms with Crippen LogP contribution in [0.1, 0.15) is 33.6 Å². The number of anilines is 1. The molecule has 1 aromatic carbocycles. The number of hydrogen-bond donors (Lipinski definition) is 2. The summed E-state index contributed by atoms with van der Waals surface area (Å²) in [7, 11) is 3.38. The Bertz CT molecular complexity index is 627. The van der Waals surface area contributed by atoms with Crippen LogP contribution in [-0.2, 0) is 0 Å². The van der Waals surface area contributed by atoms with Crippen LogP contribution in [0.25, 0.3) is 0 Å². The molecule has 0 spiro atoms. The van der Waals surface area contributed by atoms with Gasteiger partial charge in [-0.1, -0.05) is 0 Å². The van der Waals surface area contributed by atoms with Gasteiger partial charge >= 0.3 is 0 Å². The number of guanidine groups is 1. The summed E-state index contributed by atoms with van der Waals surface area (Å²) in [5.41, 5.74) is 1.15. The molecule has 1 fully saturated rings. The van der Waals surface area contributed by atoms with E-state index in [-0.39, 0.29) is 28.7 Å². The van der Waals surface area contributed by atoms with E-state index in [2.05, 4.69) is 54.7 Å². The van der Waals surface area contributed by atoms with E-state index in [9.17, 15) is 0 Å². The van der Waals surface area contributed by atoms with Gasteiger partial charge in [0.25, 0.3) is 0 Å². The molecule has 1 aliphatic heterocycles. The maximum absolute atomic E-state index is 5.41. The van der Waals surface area contributed by atoms with Crippen molar-refractivity contribution in [2.24, 2.45) is 4.99 Å². The lowest BCUT2D eigenvalue weighted by Gasteiger charge is -2.35. The average molecular weight is 537 g/mol. The molecule has 1 saturated heterocycles. The molecule has 0 aromatic heterocycles. The van der Waals surface area contributed by atoms with Crippen LogP contribution in [0.2, 0.25) is 0 Å². The first-order valence-corrected chi connectivity index (χ1v) is 11.2. The van der Waals surface area contributed by atoms with Crippen molar-refractivity contribution in [1.29, 1.82) is 0 Å². The summed E-state index contributed by atoms with van der Waals surface area (Å²) in [6.45, 7) is 10.2. The Kier molecular flexibility index (Phi) is 11.3. The average Bonchev–Trinajstić information content (AvgIpc) is 2.72. The molecular formula is C21H37IN4O2S. The normalized spacial score (nSPS) is 15.5. The summed E-state index contributed by atoms with van der Waals surface area (Å²) < 4.78 is 11.0. The first-order chi connectivity index (χ1) is 13.4. The highest BCUT2D eigenvalue weighted by molar-refractivity contribution is 14.0. The lowest BCUT2D eigenvalue weighted by molar-refractivity contribution is 0.393. The molecule has 1 aliphatic rings. The first-order valence-electron chi connectivity index (χ1n) is 9.98. The highest BCUT2D eigenvalue weighted by Crippen LogP contribution is 2.30. The van der Waals surface area contributed by atoms with E-state index in [1.165, 1.54) is 0 Å². The number of methoxy groups -OCH3 is 2. The van der Waals surface area contributed by atoms with Crippen LogP contribution in [0, 0.1) is 0 Å². The van der Waals surface area contributed by atoms with Crippen molar-refractivity contribution in [1.82, 2.24) is 10.6 Å². The number of piperidine rings is 1. The second-order valence-electron chi connectivity index (χ2n) is 7.64. The third-order valence-corrected chi connectivity index (χ3v) is 6.29. The van der Waals surface area contributed by atoms with E-state index in [1.54, 1.807) is 14.2 Å². The summed E-state index contributed by atoms with van der Waals surface area (Å²) in [6, 6.07) is 6.49. The van der Waals surface area contributed by atoms with Crippen LogP contribution in [-0.4, -0.2) is 63.4 Å². The van der Waals surface area contributed by atoms with Gasteiger partial charge in [0.05, 0.1) is 20.8 Å². The van der Waals surface area contributed by atoms with Crippen LogP contribution >= 0.6 is 35.7 Å². The predicted molar refractivity (Wildman–Crippen MR) is 137 cm³/mol. The molecule has 1 heterocycles. The Morgan fingerprint density at radius 1 is 1.17 bits per heavy atom. The molecule has 8 heteroatoms. The molecule has 0 radical (unpaired) electrons. The Balaban J connectivity index is 0.00000420. The summed E-state index contributed by atoms with van der Waals surface area (Å²) in [4.78, 5) is 7.19. The number of ether oxygens (including phenoxy) is 2. The SMILES string of the molecule is CCNC(=NCC(C)(C)SC)NC1CCN(c2cc(OC)cc(OC)c2)CC1.I. The van der Waals surface area contributed by atoms with Crippen molar-refractivity contribution in [2.45, 2.75) is 44.4 Å². The number of halogens is 1. The topological polar surface area (TPSA) is 58.1 Å². The summed E-state index contributed by atoms with van der Waals surface area (Å²) in [5.74, 6) is 2.58. The summed E-state index contributed by atoms with van der Waals surface area (Å²) in [5, 5.41) is 7.01. The Morgan fingerprint density at radius 2 is 1.76 bits per heavy atom. The largest absolute Gasteiger partial charge is 0.497 e. The zero-order chi connectivity index (χ0) is 20.6. The highest BCUT2D eigenvalue weighted by Gasteiger charge is 2.22. The van der Waals surface area contributed by atoms with E-state index in [1.807, 2.05) is 17.8 Å². The minimum absolute atomic E-state index is 0. The van der Waals surface area contributed by atoms with Crippen LogP contribution in [0.15, 0.2) is 23.2 Å². The molecule has 0 amide bonds. The fourth-order valence-electron chi connectivity index (χ4n) is 3.10. The Labute approximate surface area is 197 Å². The number of hydrogen-bond acceptors (Lipinski definition) is 5. The zero-order valence-corrected chi connectivity index (χ0v) is 21.7. The fourth-order valence-corrected chi connectivity index (χ4v) is 3.30. The van der Waals surface area contributed by atoms with Crippen LogP contribution in [0.5, 0.6) is 11.5 Å². The molecule has 0 aliphatic carbocycles. The van der Waals surface area contributed by atoms with Crippen LogP contribution in [0.3, 0.4) is 0 Å². The van der Waals surface area contributed by atoms with Gasteiger partial charge in [0.15, 0.2) is 5.96 Å². The third kappa shape index (κ3) is 8.32. The molecule has 2 rings (SSSR count). The monoisotopic (exact) mass is 536 g/mol. The number of aliphatic imine (C=N–C) groups is 1. The van der Waals surface area contributed by atoms with Crippen molar-refractivity contribution in [3.8, 4) is 11.5 Å². The van der Waals surface area contributed by atoms with Crippen LogP contribution in [0.4, 0.5) is 5.69 Å². The van der Waals surface area contributed by atoms with E-state index >= 15 is 0 Å². The van der Waals surface area contributed by atoms with Gasteiger partial charge in [-0.3, -0.25) is 4.99 Å². The molecular weight excluding hydrogens is 499 g/mol.